The van der Waals surface area contributed by atoms with E-state index in [9.17, 15) is 0 Å². The van der Waals surface area contributed by atoms with Gasteiger partial charge < -0.3 is 10.2 Å². The second-order valence-electron chi connectivity index (χ2n) is 6.56. The maximum Gasteiger partial charge on any atom is 0.193 e. The molecule has 0 bridgehead atoms. The van der Waals surface area contributed by atoms with Gasteiger partial charge in [0.1, 0.15) is 0 Å². The van der Waals surface area contributed by atoms with Crippen LogP contribution in [0.1, 0.15) is 30.9 Å². The smallest absolute Gasteiger partial charge is 0.193 e. The largest absolute Gasteiger partial charge is 0.356 e. The molecule has 1 saturated heterocycles. The molecule has 1 aliphatic carbocycles. The predicted octanol–water partition coefficient (Wildman–Crippen LogP) is 3.35. The highest BCUT2D eigenvalue weighted by Crippen LogP contribution is 2.34. The summed E-state index contributed by atoms with van der Waals surface area (Å²) in [4.78, 5) is 6.89. The Morgan fingerprint density at radius 1 is 1.41 bits per heavy atom. The Kier molecular flexibility index (Phi) is 6.05. The highest BCUT2D eigenvalue weighted by molar-refractivity contribution is 14.0. The van der Waals surface area contributed by atoms with Crippen molar-refractivity contribution in [2.75, 3.05) is 32.4 Å². The fourth-order valence-electron chi connectivity index (χ4n) is 3.29. The van der Waals surface area contributed by atoms with Crippen molar-refractivity contribution in [3.8, 4) is 0 Å². The number of fused-ring (bicyclic) bond motifs is 1. The zero-order valence-corrected chi connectivity index (χ0v) is 16.8. The van der Waals surface area contributed by atoms with Crippen molar-refractivity contribution in [2.45, 2.75) is 30.9 Å². The van der Waals surface area contributed by atoms with E-state index in [1.54, 1.807) is 0 Å². The molecule has 5 heteroatoms. The Labute approximate surface area is 155 Å². The van der Waals surface area contributed by atoms with Crippen LogP contribution in [-0.2, 0) is 6.42 Å². The molecular weight excluding hydrogens is 405 g/mol. The first-order valence-corrected chi connectivity index (χ1v) is 8.75. The lowest BCUT2D eigenvalue weighted by Crippen LogP contribution is -2.51. The first-order chi connectivity index (χ1) is 10.1. The first-order valence-electron chi connectivity index (χ1n) is 7.76. The van der Waals surface area contributed by atoms with Crippen LogP contribution in [0.5, 0.6) is 0 Å². The van der Waals surface area contributed by atoms with Gasteiger partial charge in [-0.05, 0) is 31.4 Å². The van der Waals surface area contributed by atoms with E-state index in [1.807, 2.05) is 7.05 Å². The van der Waals surface area contributed by atoms with Gasteiger partial charge in [0.15, 0.2) is 5.96 Å². The summed E-state index contributed by atoms with van der Waals surface area (Å²) in [5, 5.41) is 3.59. The molecule has 1 unspecified atom stereocenters. The molecule has 0 spiro atoms. The molecule has 0 saturated carbocycles. The van der Waals surface area contributed by atoms with Crippen molar-refractivity contribution in [1.29, 1.82) is 0 Å². The zero-order chi connectivity index (χ0) is 14.9. The van der Waals surface area contributed by atoms with Crippen LogP contribution in [0.3, 0.4) is 0 Å². The van der Waals surface area contributed by atoms with Crippen LogP contribution in [0, 0.1) is 0 Å². The third kappa shape index (κ3) is 3.91. The van der Waals surface area contributed by atoms with Gasteiger partial charge in [-0.25, -0.2) is 0 Å². The number of thioether (sulfide) groups is 1. The van der Waals surface area contributed by atoms with E-state index < -0.39 is 0 Å². The predicted molar refractivity (Wildman–Crippen MR) is 108 cm³/mol. The SMILES string of the molecule is CN=C(NCC1Cc2ccccc21)N1CCSC(C)(C)C1.I. The normalized spacial score (nSPS) is 23.1. The van der Waals surface area contributed by atoms with Crippen molar-refractivity contribution >= 4 is 41.7 Å². The molecule has 1 aliphatic heterocycles. The molecular formula is C17H26IN3S. The van der Waals surface area contributed by atoms with Gasteiger partial charge in [0, 0.05) is 43.1 Å². The van der Waals surface area contributed by atoms with Crippen LogP contribution in [0.4, 0.5) is 0 Å². The maximum atomic E-state index is 4.49. The Balaban J connectivity index is 0.00000176. The number of benzene rings is 1. The second-order valence-corrected chi connectivity index (χ2v) is 8.36. The first kappa shape index (κ1) is 17.9. The van der Waals surface area contributed by atoms with E-state index in [0.29, 0.717) is 10.7 Å². The lowest BCUT2D eigenvalue weighted by Gasteiger charge is -2.40. The van der Waals surface area contributed by atoms with E-state index in [-0.39, 0.29) is 24.0 Å². The Morgan fingerprint density at radius 2 is 2.18 bits per heavy atom. The number of hydrogen-bond acceptors (Lipinski definition) is 2. The fourth-order valence-corrected chi connectivity index (χ4v) is 4.40. The van der Waals surface area contributed by atoms with Gasteiger partial charge in [-0.15, -0.1) is 24.0 Å². The quantitative estimate of drug-likeness (QED) is 0.442. The molecule has 1 aromatic rings. The third-order valence-electron chi connectivity index (χ3n) is 4.40. The van der Waals surface area contributed by atoms with Crippen molar-refractivity contribution in [2.24, 2.45) is 4.99 Å². The zero-order valence-electron chi connectivity index (χ0n) is 13.6. The molecule has 0 aromatic heterocycles. The number of guanidine groups is 1. The highest BCUT2D eigenvalue weighted by Gasteiger charge is 2.30. The highest BCUT2D eigenvalue weighted by atomic mass is 127. The molecule has 2 aliphatic rings. The average Bonchev–Trinajstić information content (AvgIpc) is 2.43. The molecule has 1 N–H and O–H groups in total. The van der Waals surface area contributed by atoms with Crippen LogP contribution >= 0.6 is 35.7 Å². The molecule has 3 nitrogen and oxygen atoms in total. The Bertz CT molecular complexity index is 544. The van der Waals surface area contributed by atoms with E-state index in [4.69, 9.17) is 0 Å². The van der Waals surface area contributed by atoms with Gasteiger partial charge in [0.05, 0.1) is 0 Å². The van der Waals surface area contributed by atoms with Crippen LogP contribution in [0.15, 0.2) is 29.3 Å². The molecule has 0 amide bonds. The standard InChI is InChI=1S/C17H25N3S.HI/c1-17(2)12-20(8-9-21-17)16(18-3)19-11-14-10-13-6-4-5-7-15(13)14;/h4-7,14H,8-12H2,1-3H3,(H,18,19);1H. The monoisotopic (exact) mass is 431 g/mol. The minimum atomic E-state index is 0. The average molecular weight is 431 g/mol. The van der Waals surface area contributed by atoms with Crippen LogP contribution in [-0.4, -0.2) is 48.0 Å². The van der Waals surface area contributed by atoms with Gasteiger partial charge in [0.2, 0.25) is 0 Å². The van der Waals surface area contributed by atoms with E-state index in [1.165, 1.54) is 23.3 Å². The van der Waals surface area contributed by atoms with Crippen molar-refractivity contribution in [1.82, 2.24) is 10.2 Å². The van der Waals surface area contributed by atoms with Crippen LogP contribution in [0.25, 0.3) is 0 Å². The molecule has 1 atom stereocenters. The third-order valence-corrected chi connectivity index (χ3v) is 5.70. The van der Waals surface area contributed by atoms with E-state index in [0.717, 1.165) is 25.6 Å². The summed E-state index contributed by atoms with van der Waals surface area (Å²) < 4.78 is 0.318. The number of nitrogens with one attached hydrogen (secondary N) is 1. The molecule has 122 valence electrons. The number of nitrogens with zero attached hydrogens (tertiary/aromatic N) is 2. The van der Waals surface area contributed by atoms with Crippen LogP contribution < -0.4 is 5.32 Å². The van der Waals surface area contributed by atoms with Gasteiger partial charge in [-0.2, -0.15) is 11.8 Å². The van der Waals surface area contributed by atoms with Gasteiger partial charge in [-0.1, -0.05) is 24.3 Å². The van der Waals surface area contributed by atoms with Gasteiger partial charge >= 0.3 is 0 Å². The Morgan fingerprint density at radius 3 is 2.86 bits per heavy atom. The summed E-state index contributed by atoms with van der Waals surface area (Å²) in [6.07, 6.45) is 1.20. The molecule has 22 heavy (non-hydrogen) atoms. The van der Waals surface area contributed by atoms with Gasteiger partial charge in [0.25, 0.3) is 0 Å². The van der Waals surface area contributed by atoms with Gasteiger partial charge in [-0.3, -0.25) is 4.99 Å². The lowest BCUT2D eigenvalue weighted by molar-refractivity contribution is 0.373. The van der Waals surface area contributed by atoms with Crippen molar-refractivity contribution in [3.05, 3.63) is 35.4 Å². The topological polar surface area (TPSA) is 27.6 Å². The summed E-state index contributed by atoms with van der Waals surface area (Å²) in [7, 11) is 1.89. The summed E-state index contributed by atoms with van der Waals surface area (Å²) in [5.74, 6) is 2.89. The van der Waals surface area contributed by atoms with Crippen molar-refractivity contribution < 1.29 is 0 Å². The van der Waals surface area contributed by atoms with E-state index in [2.05, 4.69) is 65.1 Å². The summed E-state index contributed by atoms with van der Waals surface area (Å²) in [6.45, 7) is 7.79. The molecule has 0 radical (unpaired) electrons. The molecule has 1 fully saturated rings. The number of halogens is 1. The summed E-state index contributed by atoms with van der Waals surface area (Å²) in [5.41, 5.74) is 3.02. The number of aliphatic imine (C=N–C) groups is 1. The maximum absolute atomic E-state index is 4.49. The minimum Gasteiger partial charge on any atom is -0.356 e. The molecule has 3 rings (SSSR count). The molecule has 1 aromatic carbocycles. The van der Waals surface area contributed by atoms with E-state index >= 15 is 0 Å². The summed E-state index contributed by atoms with van der Waals surface area (Å²) >= 11 is 2.06. The minimum absolute atomic E-state index is 0. The number of rotatable bonds is 2. The second kappa shape index (κ2) is 7.43. The van der Waals surface area contributed by atoms with Crippen LogP contribution in [0.2, 0.25) is 0 Å². The molecule has 1 heterocycles. The fraction of sp³-hybridized carbons (Fsp3) is 0.588. The lowest BCUT2D eigenvalue weighted by atomic mass is 9.78. The Hall–Kier alpha value is -0.430. The summed E-state index contributed by atoms with van der Waals surface area (Å²) in [6, 6.07) is 8.78. The number of hydrogen-bond donors (Lipinski definition) is 1. The van der Waals surface area contributed by atoms with Crippen molar-refractivity contribution in [3.63, 3.8) is 0 Å².